The SMILES string of the molecule is COc1ccc(S(=O)(=O)Nc2ccc3c(c2)C(=O)N([C@H](C)CO)C[C@@H](C)[C@@H](CN(C)C(=O)NC(C)C)OCCCC[C@H](C)O3)cc1. The van der Waals surface area contributed by atoms with Crippen molar-refractivity contribution in [3.05, 3.63) is 48.0 Å². The number of nitrogens with one attached hydrogen (secondary N) is 2. The molecule has 1 aliphatic heterocycles. The number of urea groups is 1. The summed E-state index contributed by atoms with van der Waals surface area (Å²) in [7, 11) is -0.777. The van der Waals surface area contributed by atoms with Gasteiger partial charge < -0.3 is 34.4 Å². The maximum absolute atomic E-state index is 14.3. The number of amides is 3. The van der Waals surface area contributed by atoms with E-state index in [1.54, 1.807) is 48.0 Å². The third-order valence-corrected chi connectivity index (χ3v) is 9.28. The number of sulfonamides is 1. The number of carbonyl (C=O) groups is 2. The number of anilines is 1. The van der Waals surface area contributed by atoms with Crippen molar-refractivity contribution in [2.75, 3.05) is 45.2 Å². The van der Waals surface area contributed by atoms with Gasteiger partial charge in [-0.25, -0.2) is 13.2 Å². The molecule has 0 spiro atoms. The molecule has 2 aromatic carbocycles. The highest BCUT2D eigenvalue weighted by atomic mass is 32.2. The van der Waals surface area contributed by atoms with E-state index in [2.05, 4.69) is 10.0 Å². The molecule has 12 nitrogen and oxygen atoms in total. The Morgan fingerprint density at radius 1 is 1.13 bits per heavy atom. The maximum Gasteiger partial charge on any atom is 0.317 e. The lowest BCUT2D eigenvalue weighted by Gasteiger charge is -2.36. The van der Waals surface area contributed by atoms with Gasteiger partial charge in [-0.3, -0.25) is 9.52 Å². The van der Waals surface area contributed by atoms with Gasteiger partial charge in [0, 0.05) is 44.4 Å². The number of fused-ring (bicyclic) bond motifs is 1. The Morgan fingerprint density at radius 2 is 1.83 bits per heavy atom. The van der Waals surface area contributed by atoms with E-state index in [1.165, 1.54) is 25.3 Å². The van der Waals surface area contributed by atoms with Crippen molar-refractivity contribution in [3.8, 4) is 11.5 Å². The number of likely N-dealkylation sites (N-methyl/N-ethyl adjacent to an activating group) is 1. The Labute approximate surface area is 273 Å². The summed E-state index contributed by atoms with van der Waals surface area (Å²) in [5.41, 5.74) is 0.348. The molecule has 0 unspecified atom stereocenters. The van der Waals surface area contributed by atoms with Gasteiger partial charge in [0.25, 0.3) is 15.9 Å². The van der Waals surface area contributed by atoms with Crippen molar-refractivity contribution < 1.29 is 37.3 Å². The first-order valence-corrected chi connectivity index (χ1v) is 17.3. The lowest BCUT2D eigenvalue weighted by Crippen LogP contribution is -2.49. The normalized spacial score (nSPS) is 20.6. The number of methoxy groups -OCH3 is 1. The first-order valence-electron chi connectivity index (χ1n) is 15.8. The molecule has 0 saturated carbocycles. The number of hydrogen-bond donors (Lipinski definition) is 3. The predicted octanol–water partition coefficient (Wildman–Crippen LogP) is 4.34. The fraction of sp³-hybridized carbons (Fsp3) is 0.576. The zero-order valence-corrected chi connectivity index (χ0v) is 28.8. The van der Waals surface area contributed by atoms with Crippen molar-refractivity contribution >= 4 is 27.6 Å². The Morgan fingerprint density at radius 3 is 2.46 bits per heavy atom. The van der Waals surface area contributed by atoms with Crippen LogP contribution in [0.2, 0.25) is 0 Å². The Hall–Kier alpha value is -3.55. The number of ether oxygens (including phenoxy) is 3. The summed E-state index contributed by atoms with van der Waals surface area (Å²) < 4.78 is 46.7. The molecule has 3 amide bonds. The summed E-state index contributed by atoms with van der Waals surface area (Å²) in [6.45, 7) is 10.1. The van der Waals surface area contributed by atoms with Gasteiger partial charge in [-0.1, -0.05) is 6.92 Å². The molecule has 0 aliphatic carbocycles. The molecule has 0 bridgehead atoms. The minimum absolute atomic E-state index is 0.0225. The molecular weight excluding hydrogens is 612 g/mol. The third-order valence-electron chi connectivity index (χ3n) is 7.89. The smallest absolute Gasteiger partial charge is 0.317 e. The minimum atomic E-state index is -3.98. The maximum atomic E-state index is 14.3. The number of benzene rings is 2. The summed E-state index contributed by atoms with van der Waals surface area (Å²) in [5, 5.41) is 13.1. The second-order valence-electron chi connectivity index (χ2n) is 12.3. The van der Waals surface area contributed by atoms with Gasteiger partial charge in [-0.2, -0.15) is 0 Å². The average Bonchev–Trinajstić information content (AvgIpc) is 3.01. The molecule has 0 radical (unpaired) electrons. The summed E-state index contributed by atoms with van der Waals surface area (Å²) in [5.74, 6) is 0.188. The average molecular weight is 663 g/mol. The molecule has 46 heavy (non-hydrogen) atoms. The standard InChI is InChI=1S/C33H50N4O8S/c1-22(2)34-33(40)36(6)20-31-23(3)19-37(24(4)21-38)32(39)29-18-26(11-16-30(29)45-25(5)10-8-9-17-44-31)35-46(41,42)28-14-12-27(43-7)13-15-28/h11-16,18,22-25,31,35,38H,8-10,17,19-21H2,1-7H3,(H,34,40)/t23-,24-,25+,31-/m1/s1. The fourth-order valence-corrected chi connectivity index (χ4v) is 6.18. The lowest BCUT2D eigenvalue weighted by molar-refractivity contribution is -0.0122. The number of rotatable bonds is 9. The van der Waals surface area contributed by atoms with Gasteiger partial charge in [0.1, 0.15) is 11.5 Å². The van der Waals surface area contributed by atoms with E-state index in [9.17, 15) is 23.1 Å². The molecule has 256 valence electrons. The van der Waals surface area contributed by atoms with E-state index >= 15 is 0 Å². The number of nitrogens with zero attached hydrogens (tertiary/aromatic N) is 2. The number of aliphatic hydroxyl groups excluding tert-OH is 1. The van der Waals surface area contributed by atoms with Crippen LogP contribution < -0.4 is 19.5 Å². The monoisotopic (exact) mass is 662 g/mol. The third kappa shape index (κ3) is 10.2. The van der Waals surface area contributed by atoms with E-state index in [-0.39, 0.29) is 59.5 Å². The highest BCUT2D eigenvalue weighted by Gasteiger charge is 2.31. The van der Waals surface area contributed by atoms with Gasteiger partial charge in [0.05, 0.1) is 42.4 Å². The highest BCUT2D eigenvalue weighted by Crippen LogP contribution is 2.30. The molecule has 13 heteroatoms. The van der Waals surface area contributed by atoms with E-state index < -0.39 is 22.0 Å². The first-order chi connectivity index (χ1) is 21.7. The molecule has 0 saturated heterocycles. The van der Waals surface area contributed by atoms with Crippen LogP contribution in [0.1, 0.15) is 64.2 Å². The molecule has 2 aromatic rings. The summed E-state index contributed by atoms with van der Waals surface area (Å²) in [4.78, 5) is 30.2. The Bertz CT molecular complexity index is 1400. The predicted molar refractivity (Wildman–Crippen MR) is 177 cm³/mol. The van der Waals surface area contributed by atoms with Gasteiger partial charge in [0.2, 0.25) is 0 Å². The Balaban J connectivity index is 1.98. The van der Waals surface area contributed by atoms with Crippen LogP contribution in [0.5, 0.6) is 11.5 Å². The van der Waals surface area contributed by atoms with Crippen molar-refractivity contribution in [1.29, 1.82) is 0 Å². The quantitative estimate of drug-likeness (QED) is 0.360. The van der Waals surface area contributed by atoms with Crippen molar-refractivity contribution in [2.24, 2.45) is 5.92 Å². The van der Waals surface area contributed by atoms with Crippen molar-refractivity contribution in [1.82, 2.24) is 15.1 Å². The molecule has 1 heterocycles. The van der Waals surface area contributed by atoms with Gasteiger partial charge in [0.15, 0.2) is 0 Å². The van der Waals surface area contributed by atoms with Crippen LogP contribution in [0.15, 0.2) is 47.4 Å². The van der Waals surface area contributed by atoms with E-state index in [4.69, 9.17) is 14.2 Å². The van der Waals surface area contributed by atoms with Gasteiger partial charge in [-0.15, -0.1) is 0 Å². The lowest BCUT2D eigenvalue weighted by atomic mass is 10.0. The summed E-state index contributed by atoms with van der Waals surface area (Å²) in [6.07, 6.45) is 1.69. The molecule has 4 atom stereocenters. The van der Waals surface area contributed by atoms with E-state index in [1.807, 2.05) is 27.7 Å². The topological polar surface area (TPSA) is 147 Å². The van der Waals surface area contributed by atoms with Crippen LogP contribution in [0, 0.1) is 5.92 Å². The van der Waals surface area contributed by atoms with Crippen LogP contribution in [0.25, 0.3) is 0 Å². The molecule has 3 rings (SSSR count). The van der Waals surface area contributed by atoms with Crippen molar-refractivity contribution in [3.63, 3.8) is 0 Å². The van der Waals surface area contributed by atoms with Crippen LogP contribution in [-0.4, -0.2) is 100 Å². The Kier molecular flexibility index (Phi) is 13.5. The number of aliphatic hydroxyl groups is 1. The van der Waals surface area contributed by atoms with Crippen LogP contribution >= 0.6 is 0 Å². The van der Waals surface area contributed by atoms with E-state index in [0.717, 1.165) is 12.8 Å². The second-order valence-corrected chi connectivity index (χ2v) is 14.0. The van der Waals surface area contributed by atoms with Crippen molar-refractivity contribution in [2.45, 2.75) is 83.1 Å². The zero-order valence-electron chi connectivity index (χ0n) is 28.0. The summed E-state index contributed by atoms with van der Waals surface area (Å²) >= 11 is 0. The molecule has 3 N–H and O–H groups in total. The number of carbonyl (C=O) groups excluding carboxylic acids is 2. The molecule has 0 fully saturated rings. The fourth-order valence-electron chi connectivity index (χ4n) is 5.13. The largest absolute Gasteiger partial charge is 0.497 e. The second kappa shape index (κ2) is 16.8. The van der Waals surface area contributed by atoms with Gasteiger partial charge in [-0.05, 0) is 89.4 Å². The van der Waals surface area contributed by atoms with Crippen LogP contribution in [0.4, 0.5) is 10.5 Å². The van der Waals surface area contributed by atoms with Gasteiger partial charge >= 0.3 is 6.03 Å². The minimum Gasteiger partial charge on any atom is -0.497 e. The van der Waals surface area contributed by atoms with E-state index in [0.29, 0.717) is 31.1 Å². The first kappa shape index (κ1) is 36.9. The van der Waals surface area contributed by atoms with Crippen LogP contribution in [-0.2, 0) is 14.8 Å². The highest BCUT2D eigenvalue weighted by molar-refractivity contribution is 7.92. The summed E-state index contributed by atoms with van der Waals surface area (Å²) in [6, 6.07) is 9.79. The molecular formula is C33H50N4O8S. The zero-order chi connectivity index (χ0) is 34.0. The van der Waals surface area contributed by atoms with Crippen LogP contribution in [0.3, 0.4) is 0 Å². The molecule has 1 aliphatic rings. The number of hydrogen-bond acceptors (Lipinski definition) is 8. The molecule has 0 aromatic heterocycles.